The molecule has 7 rings (SSSR count). The van der Waals surface area contributed by atoms with Gasteiger partial charge in [0.2, 0.25) is 6.71 Å². The minimum Gasteiger partial charge on any atom is -0.0657 e. The van der Waals surface area contributed by atoms with Crippen molar-refractivity contribution in [2.75, 3.05) is 0 Å². The zero-order valence-electron chi connectivity index (χ0n) is 24.9. The Hall–Kier alpha value is -4.36. The van der Waals surface area contributed by atoms with Gasteiger partial charge in [-0.1, -0.05) is 141 Å². The Morgan fingerprint density at radius 2 is 0.902 bits per heavy atom. The molecule has 0 aliphatic carbocycles. The predicted molar refractivity (Wildman–Crippen MR) is 182 cm³/mol. The Morgan fingerprint density at radius 1 is 0.415 bits per heavy atom. The minimum atomic E-state index is 0.153. The zero-order chi connectivity index (χ0) is 28.4. The third-order valence-electron chi connectivity index (χ3n) is 9.10. The Morgan fingerprint density at radius 3 is 1.46 bits per heavy atom. The van der Waals surface area contributed by atoms with Crippen LogP contribution in [0, 0.1) is 41.5 Å². The third-order valence-corrected chi connectivity index (χ3v) is 9.10. The first kappa shape index (κ1) is 25.6. The van der Waals surface area contributed by atoms with Gasteiger partial charge in [-0.15, -0.1) is 0 Å². The molecule has 7 aromatic rings. The van der Waals surface area contributed by atoms with E-state index in [0.29, 0.717) is 0 Å². The molecule has 0 saturated carbocycles. The molecule has 0 N–H and O–H groups in total. The molecular formula is C40H35B. The summed E-state index contributed by atoms with van der Waals surface area (Å²) in [4.78, 5) is 0. The topological polar surface area (TPSA) is 0 Å². The van der Waals surface area contributed by atoms with E-state index in [0.717, 1.165) is 0 Å². The molecule has 0 aromatic heterocycles. The molecule has 0 nitrogen and oxygen atoms in total. The molecule has 0 amide bonds. The summed E-state index contributed by atoms with van der Waals surface area (Å²) in [5.41, 5.74) is 14.9. The van der Waals surface area contributed by atoms with Crippen LogP contribution >= 0.6 is 0 Å². The molecule has 0 bridgehead atoms. The predicted octanol–water partition coefficient (Wildman–Crippen LogP) is 8.62. The van der Waals surface area contributed by atoms with Gasteiger partial charge < -0.3 is 0 Å². The molecule has 41 heavy (non-hydrogen) atoms. The molecule has 0 aliphatic rings. The zero-order valence-corrected chi connectivity index (χ0v) is 24.9. The normalized spacial score (nSPS) is 11.7. The van der Waals surface area contributed by atoms with Crippen LogP contribution in [-0.2, 0) is 0 Å². The van der Waals surface area contributed by atoms with Gasteiger partial charge in [0.15, 0.2) is 0 Å². The van der Waals surface area contributed by atoms with E-state index in [-0.39, 0.29) is 6.71 Å². The fourth-order valence-corrected chi connectivity index (χ4v) is 7.64. The van der Waals surface area contributed by atoms with Crippen molar-refractivity contribution in [3.8, 4) is 11.1 Å². The number of hydrogen-bond acceptors (Lipinski definition) is 0. The summed E-state index contributed by atoms with van der Waals surface area (Å²) in [6, 6.07) is 39.0. The highest BCUT2D eigenvalue weighted by atomic mass is 14.2. The molecule has 198 valence electrons. The molecule has 0 spiro atoms. The summed E-state index contributed by atoms with van der Waals surface area (Å²) in [6.07, 6.45) is 0. The van der Waals surface area contributed by atoms with Gasteiger partial charge in [0, 0.05) is 0 Å². The summed E-state index contributed by atoms with van der Waals surface area (Å²) >= 11 is 0. The quantitative estimate of drug-likeness (QED) is 0.159. The lowest BCUT2D eigenvalue weighted by molar-refractivity contribution is 1.34. The molecule has 1 heteroatoms. The van der Waals surface area contributed by atoms with Crippen LogP contribution in [-0.4, -0.2) is 6.71 Å². The monoisotopic (exact) mass is 526 g/mol. The summed E-state index contributed by atoms with van der Waals surface area (Å²) in [6.45, 7) is 13.7. The van der Waals surface area contributed by atoms with Crippen LogP contribution in [0.4, 0.5) is 0 Å². The molecule has 0 radical (unpaired) electrons. The van der Waals surface area contributed by atoms with Crippen LogP contribution < -0.4 is 16.4 Å². The third kappa shape index (κ3) is 4.15. The SMILES string of the molecule is Cc1cc(C)c(B(c2c(C)cc(C)cc2C)c2ccc3ccc4cc(-c5ccccc5)cc5ccc2c3c45)c(C)c1. The molecule has 0 saturated heterocycles. The van der Waals surface area contributed by atoms with Crippen LogP contribution in [0.5, 0.6) is 0 Å². The van der Waals surface area contributed by atoms with Gasteiger partial charge in [0.05, 0.1) is 0 Å². The van der Waals surface area contributed by atoms with Crippen molar-refractivity contribution in [1.82, 2.24) is 0 Å². The van der Waals surface area contributed by atoms with Crippen molar-refractivity contribution in [2.45, 2.75) is 41.5 Å². The number of hydrogen-bond donors (Lipinski definition) is 0. The van der Waals surface area contributed by atoms with Crippen LogP contribution in [0.15, 0.2) is 103 Å². The van der Waals surface area contributed by atoms with Crippen molar-refractivity contribution < 1.29 is 0 Å². The van der Waals surface area contributed by atoms with Crippen LogP contribution in [0.2, 0.25) is 0 Å². The van der Waals surface area contributed by atoms with E-state index in [2.05, 4.69) is 145 Å². The maximum absolute atomic E-state index is 2.40. The van der Waals surface area contributed by atoms with Gasteiger partial charge in [-0.25, -0.2) is 0 Å². The Kier molecular flexibility index (Phi) is 6.01. The molecule has 0 heterocycles. The summed E-state index contributed by atoms with van der Waals surface area (Å²) < 4.78 is 0. The van der Waals surface area contributed by atoms with E-state index >= 15 is 0 Å². The molecule has 0 unspecified atom stereocenters. The highest BCUT2D eigenvalue weighted by Crippen LogP contribution is 2.37. The highest BCUT2D eigenvalue weighted by Gasteiger charge is 2.30. The van der Waals surface area contributed by atoms with Gasteiger partial charge in [0.25, 0.3) is 0 Å². The van der Waals surface area contributed by atoms with Gasteiger partial charge in [-0.05, 0) is 97.1 Å². The van der Waals surface area contributed by atoms with E-state index < -0.39 is 0 Å². The highest BCUT2D eigenvalue weighted by molar-refractivity contribution is 6.98. The van der Waals surface area contributed by atoms with Crippen molar-refractivity contribution in [3.05, 3.63) is 137 Å². The maximum Gasteiger partial charge on any atom is 0.243 e. The second-order valence-corrected chi connectivity index (χ2v) is 12.2. The lowest BCUT2D eigenvalue weighted by Gasteiger charge is -2.26. The average molecular weight is 527 g/mol. The number of rotatable bonds is 4. The lowest BCUT2D eigenvalue weighted by Crippen LogP contribution is -2.56. The van der Waals surface area contributed by atoms with E-state index in [9.17, 15) is 0 Å². The minimum absolute atomic E-state index is 0.153. The first-order valence-corrected chi connectivity index (χ1v) is 14.7. The fraction of sp³-hybridized carbons (Fsp3) is 0.150. The maximum atomic E-state index is 2.40. The number of benzene rings is 7. The van der Waals surface area contributed by atoms with Gasteiger partial charge in [-0.3, -0.25) is 0 Å². The van der Waals surface area contributed by atoms with Crippen molar-refractivity contribution in [3.63, 3.8) is 0 Å². The largest absolute Gasteiger partial charge is 0.243 e. The standard InChI is InChI=1S/C40H35B/c1-24-18-26(3)39(27(4)19-24)41(40-28(5)20-25(2)21-29(40)6)36-17-15-31-12-13-32-22-34(30-10-8-7-9-11-30)23-33-14-16-35(36)38(31)37(32)33/h7-23H,1-6H3. The van der Waals surface area contributed by atoms with E-state index in [1.165, 1.54) is 93.2 Å². The van der Waals surface area contributed by atoms with E-state index in [1.807, 2.05) is 0 Å². The van der Waals surface area contributed by atoms with Crippen molar-refractivity contribution >= 4 is 55.4 Å². The van der Waals surface area contributed by atoms with Gasteiger partial charge >= 0.3 is 0 Å². The Balaban J connectivity index is 1.56. The van der Waals surface area contributed by atoms with E-state index in [4.69, 9.17) is 0 Å². The second-order valence-electron chi connectivity index (χ2n) is 12.2. The Bertz CT molecular complexity index is 1980. The van der Waals surface area contributed by atoms with Crippen molar-refractivity contribution in [1.29, 1.82) is 0 Å². The summed E-state index contributed by atoms with van der Waals surface area (Å²) in [5.74, 6) is 0. The second kappa shape index (κ2) is 9.63. The molecule has 7 aromatic carbocycles. The lowest BCUT2D eigenvalue weighted by atomic mass is 9.33. The van der Waals surface area contributed by atoms with Crippen LogP contribution in [0.25, 0.3) is 43.4 Å². The van der Waals surface area contributed by atoms with E-state index in [1.54, 1.807) is 0 Å². The number of aryl methyl sites for hydroxylation is 6. The first-order valence-electron chi connectivity index (χ1n) is 14.7. The molecule has 0 aliphatic heterocycles. The molecular weight excluding hydrogens is 491 g/mol. The van der Waals surface area contributed by atoms with Crippen molar-refractivity contribution in [2.24, 2.45) is 0 Å². The first-order chi connectivity index (χ1) is 19.8. The molecule has 0 atom stereocenters. The van der Waals surface area contributed by atoms with Gasteiger partial charge in [0.1, 0.15) is 0 Å². The summed E-state index contributed by atoms with van der Waals surface area (Å²) in [7, 11) is 0. The summed E-state index contributed by atoms with van der Waals surface area (Å²) in [5, 5.41) is 8.03. The fourth-order valence-electron chi connectivity index (χ4n) is 7.64. The van der Waals surface area contributed by atoms with Crippen LogP contribution in [0.1, 0.15) is 33.4 Å². The average Bonchev–Trinajstić information content (AvgIpc) is 2.94. The van der Waals surface area contributed by atoms with Gasteiger partial charge in [-0.2, -0.15) is 0 Å². The smallest absolute Gasteiger partial charge is 0.0657 e. The van der Waals surface area contributed by atoms with Crippen LogP contribution in [0.3, 0.4) is 0 Å². The Labute approximate surface area is 244 Å². The molecule has 0 fully saturated rings.